The second kappa shape index (κ2) is 4.62. The summed E-state index contributed by atoms with van der Waals surface area (Å²) in [6.07, 6.45) is 0. The predicted octanol–water partition coefficient (Wildman–Crippen LogP) is 3.19. The van der Waals surface area contributed by atoms with Gasteiger partial charge in [0.2, 0.25) is 5.88 Å². The molecule has 84 valence electrons. The van der Waals surface area contributed by atoms with Crippen LogP contribution < -0.4 is 4.74 Å². The van der Waals surface area contributed by atoms with Crippen molar-refractivity contribution in [1.82, 2.24) is 4.98 Å². The van der Waals surface area contributed by atoms with Gasteiger partial charge in [-0.2, -0.15) is 5.26 Å². The standard InChI is InChI=1S/C13H9FN2O/c1-9-2-3-10(8-15)13(16-9)17-12-6-4-11(14)5-7-12/h2-7H,1H3. The predicted molar refractivity (Wildman–Crippen MR) is 60.2 cm³/mol. The van der Waals surface area contributed by atoms with Crippen LogP contribution in [0.5, 0.6) is 11.6 Å². The van der Waals surface area contributed by atoms with Gasteiger partial charge in [-0.1, -0.05) is 0 Å². The molecule has 1 aromatic heterocycles. The Morgan fingerprint density at radius 2 is 1.88 bits per heavy atom. The third kappa shape index (κ3) is 2.58. The summed E-state index contributed by atoms with van der Waals surface area (Å²) in [4.78, 5) is 4.12. The maximum atomic E-state index is 12.7. The van der Waals surface area contributed by atoms with Gasteiger partial charge in [0.05, 0.1) is 0 Å². The Morgan fingerprint density at radius 3 is 2.53 bits per heavy atom. The highest BCUT2D eigenvalue weighted by atomic mass is 19.1. The number of benzene rings is 1. The third-order valence-electron chi connectivity index (χ3n) is 2.15. The lowest BCUT2D eigenvalue weighted by molar-refractivity contribution is 0.458. The minimum absolute atomic E-state index is 0.235. The average molecular weight is 228 g/mol. The van der Waals surface area contributed by atoms with E-state index >= 15 is 0 Å². The SMILES string of the molecule is Cc1ccc(C#N)c(Oc2ccc(F)cc2)n1. The van der Waals surface area contributed by atoms with Gasteiger partial charge in [-0.3, -0.25) is 0 Å². The van der Waals surface area contributed by atoms with Gasteiger partial charge in [0.1, 0.15) is 23.2 Å². The van der Waals surface area contributed by atoms with Crippen LogP contribution in [-0.4, -0.2) is 4.98 Å². The van der Waals surface area contributed by atoms with E-state index < -0.39 is 0 Å². The first-order chi connectivity index (χ1) is 8.19. The van der Waals surface area contributed by atoms with Gasteiger partial charge in [0.25, 0.3) is 0 Å². The lowest BCUT2D eigenvalue weighted by Gasteiger charge is -2.06. The molecule has 4 heteroatoms. The van der Waals surface area contributed by atoms with Gasteiger partial charge in [0, 0.05) is 5.69 Å². The number of aryl methyl sites for hydroxylation is 1. The van der Waals surface area contributed by atoms with E-state index in [-0.39, 0.29) is 11.7 Å². The highest BCUT2D eigenvalue weighted by Crippen LogP contribution is 2.23. The Kier molecular flexibility index (Phi) is 3.01. The Balaban J connectivity index is 2.32. The number of pyridine rings is 1. The molecule has 1 heterocycles. The van der Waals surface area contributed by atoms with Gasteiger partial charge in [-0.25, -0.2) is 9.37 Å². The van der Waals surface area contributed by atoms with E-state index in [9.17, 15) is 4.39 Å². The fourth-order valence-electron chi connectivity index (χ4n) is 1.31. The molecule has 0 saturated carbocycles. The Hall–Kier alpha value is -2.41. The topological polar surface area (TPSA) is 45.9 Å². The van der Waals surface area contributed by atoms with Crippen LogP contribution in [0.1, 0.15) is 11.3 Å². The van der Waals surface area contributed by atoms with Crippen molar-refractivity contribution in [3.05, 3.63) is 53.5 Å². The van der Waals surface area contributed by atoms with Gasteiger partial charge < -0.3 is 4.74 Å². The normalized spacial score (nSPS) is 9.71. The molecule has 17 heavy (non-hydrogen) atoms. The first-order valence-electron chi connectivity index (χ1n) is 5.00. The number of hydrogen-bond donors (Lipinski definition) is 0. The maximum Gasteiger partial charge on any atom is 0.237 e. The van der Waals surface area contributed by atoms with Crippen LogP contribution >= 0.6 is 0 Å². The summed E-state index contributed by atoms with van der Waals surface area (Å²) in [6.45, 7) is 1.80. The Labute approximate surface area is 98.1 Å². The van der Waals surface area contributed by atoms with Crippen LogP contribution in [0.3, 0.4) is 0 Å². The van der Waals surface area contributed by atoms with Crippen LogP contribution in [0, 0.1) is 24.1 Å². The van der Waals surface area contributed by atoms with Gasteiger partial charge in [-0.05, 0) is 43.3 Å². The fraction of sp³-hybridized carbons (Fsp3) is 0.0769. The summed E-state index contributed by atoms with van der Waals surface area (Å²) in [5.74, 6) is 0.343. The molecular formula is C13H9FN2O. The molecule has 0 spiro atoms. The molecule has 2 aromatic rings. The summed E-state index contributed by atoms with van der Waals surface area (Å²) < 4.78 is 18.1. The van der Waals surface area contributed by atoms with E-state index in [4.69, 9.17) is 10.00 Å². The van der Waals surface area contributed by atoms with Gasteiger partial charge >= 0.3 is 0 Å². The minimum atomic E-state index is -0.338. The van der Waals surface area contributed by atoms with Crippen LogP contribution in [0.15, 0.2) is 36.4 Å². The van der Waals surface area contributed by atoms with Gasteiger partial charge in [-0.15, -0.1) is 0 Å². The molecule has 0 aliphatic carbocycles. The van der Waals surface area contributed by atoms with Gasteiger partial charge in [0.15, 0.2) is 0 Å². The molecule has 0 bridgehead atoms. The van der Waals surface area contributed by atoms with Crippen LogP contribution in [0.2, 0.25) is 0 Å². The first-order valence-corrected chi connectivity index (χ1v) is 5.00. The quantitative estimate of drug-likeness (QED) is 0.792. The molecule has 0 unspecified atom stereocenters. The molecule has 0 aliphatic rings. The van der Waals surface area contributed by atoms with Crippen molar-refractivity contribution >= 4 is 0 Å². The van der Waals surface area contributed by atoms with E-state index in [1.807, 2.05) is 6.07 Å². The highest BCUT2D eigenvalue weighted by molar-refractivity contribution is 5.41. The zero-order valence-corrected chi connectivity index (χ0v) is 9.14. The first kappa shape index (κ1) is 11.1. The maximum absolute atomic E-state index is 12.7. The summed E-state index contributed by atoms with van der Waals surface area (Å²) in [7, 11) is 0. The van der Waals surface area contributed by atoms with Crippen LogP contribution in [0.25, 0.3) is 0 Å². The number of ether oxygens (including phenoxy) is 1. The largest absolute Gasteiger partial charge is 0.438 e. The minimum Gasteiger partial charge on any atom is -0.438 e. The molecule has 0 atom stereocenters. The second-order valence-corrected chi connectivity index (χ2v) is 3.47. The van der Waals surface area contributed by atoms with E-state index in [1.54, 1.807) is 19.1 Å². The molecule has 0 N–H and O–H groups in total. The molecule has 0 amide bonds. The summed E-state index contributed by atoms with van der Waals surface area (Å²) in [5, 5.41) is 8.90. The molecule has 2 rings (SSSR count). The number of hydrogen-bond acceptors (Lipinski definition) is 3. The molecule has 1 aromatic carbocycles. The zero-order valence-electron chi connectivity index (χ0n) is 9.14. The number of rotatable bonds is 2. The number of aromatic nitrogens is 1. The lowest BCUT2D eigenvalue weighted by atomic mass is 10.2. The van der Waals surface area contributed by atoms with Crippen molar-refractivity contribution in [2.24, 2.45) is 0 Å². The highest BCUT2D eigenvalue weighted by Gasteiger charge is 2.06. The van der Waals surface area contributed by atoms with Crippen molar-refractivity contribution in [2.45, 2.75) is 6.92 Å². The summed E-state index contributed by atoms with van der Waals surface area (Å²) in [6, 6.07) is 10.9. The Morgan fingerprint density at radius 1 is 1.18 bits per heavy atom. The smallest absolute Gasteiger partial charge is 0.237 e. The van der Waals surface area contributed by atoms with Crippen molar-refractivity contribution in [3.8, 4) is 17.7 Å². The van der Waals surface area contributed by atoms with Crippen molar-refractivity contribution in [3.63, 3.8) is 0 Å². The molecule has 3 nitrogen and oxygen atoms in total. The molecule has 0 aliphatic heterocycles. The monoisotopic (exact) mass is 228 g/mol. The van der Waals surface area contributed by atoms with Crippen molar-refractivity contribution in [1.29, 1.82) is 5.26 Å². The zero-order chi connectivity index (χ0) is 12.3. The number of nitrogens with zero attached hydrogens (tertiary/aromatic N) is 2. The fourth-order valence-corrected chi connectivity index (χ4v) is 1.31. The van der Waals surface area contributed by atoms with E-state index in [0.717, 1.165) is 5.69 Å². The van der Waals surface area contributed by atoms with E-state index in [0.29, 0.717) is 11.3 Å². The molecular weight excluding hydrogens is 219 g/mol. The van der Waals surface area contributed by atoms with Crippen molar-refractivity contribution in [2.75, 3.05) is 0 Å². The third-order valence-corrected chi connectivity index (χ3v) is 2.15. The summed E-state index contributed by atoms with van der Waals surface area (Å²) >= 11 is 0. The Bertz CT molecular complexity index is 573. The molecule has 0 saturated heterocycles. The molecule has 0 radical (unpaired) electrons. The van der Waals surface area contributed by atoms with E-state index in [1.165, 1.54) is 24.3 Å². The van der Waals surface area contributed by atoms with Crippen LogP contribution in [0.4, 0.5) is 4.39 Å². The summed E-state index contributed by atoms with van der Waals surface area (Å²) in [5.41, 5.74) is 1.10. The average Bonchev–Trinajstić information content (AvgIpc) is 2.32. The number of nitriles is 1. The van der Waals surface area contributed by atoms with E-state index in [2.05, 4.69) is 4.98 Å². The molecule has 0 fully saturated rings. The second-order valence-electron chi connectivity index (χ2n) is 3.47. The van der Waals surface area contributed by atoms with Crippen molar-refractivity contribution < 1.29 is 9.13 Å². The number of halogens is 1. The lowest BCUT2D eigenvalue weighted by Crippen LogP contribution is -1.93. The van der Waals surface area contributed by atoms with Crippen LogP contribution in [-0.2, 0) is 0 Å².